The van der Waals surface area contributed by atoms with Crippen LogP contribution in [0.25, 0.3) is 0 Å². The predicted molar refractivity (Wildman–Crippen MR) is 137 cm³/mol. The van der Waals surface area contributed by atoms with E-state index in [4.69, 9.17) is 9.47 Å². The van der Waals surface area contributed by atoms with Crippen molar-refractivity contribution in [1.29, 1.82) is 0 Å². The molecule has 7 nitrogen and oxygen atoms in total. The third-order valence-corrected chi connectivity index (χ3v) is 6.05. The molecule has 0 aliphatic rings. The average molecular weight is 489 g/mol. The van der Waals surface area contributed by atoms with Gasteiger partial charge >= 0.3 is 0 Å². The highest BCUT2D eigenvalue weighted by atomic mass is 32.2. The molecule has 4 rings (SSSR count). The first-order valence-corrected chi connectivity index (χ1v) is 12.7. The van der Waals surface area contributed by atoms with Crippen LogP contribution in [0.4, 0.5) is 11.4 Å². The molecule has 0 unspecified atom stereocenters. The molecule has 0 heterocycles. The lowest BCUT2D eigenvalue weighted by atomic mass is 10.2. The average Bonchev–Trinajstić information content (AvgIpc) is 2.85. The maximum absolute atomic E-state index is 13.0. The van der Waals surface area contributed by atoms with Crippen molar-refractivity contribution in [3.8, 4) is 23.0 Å². The van der Waals surface area contributed by atoms with Crippen LogP contribution in [0.1, 0.15) is 0 Å². The van der Waals surface area contributed by atoms with Crippen molar-refractivity contribution in [3.63, 3.8) is 0 Å². The number of sulfonamides is 1. The first-order valence-electron chi connectivity index (χ1n) is 10.8. The van der Waals surface area contributed by atoms with E-state index in [2.05, 4.69) is 5.32 Å². The zero-order valence-electron chi connectivity index (χ0n) is 19.0. The number of benzene rings is 4. The zero-order chi connectivity index (χ0) is 24.7. The Balaban J connectivity index is 1.56. The van der Waals surface area contributed by atoms with E-state index < -0.39 is 22.5 Å². The van der Waals surface area contributed by atoms with Crippen LogP contribution >= 0.6 is 0 Å². The number of nitrogens with one attached hydrogen (secondary N) is 1. The van der Waals surface area contributed by atoms with Crippen LogP contribution in [-0.4, -0.2) is 27.1 Å². The topological polar surface area (TPSA) is 84.9 Å². The molecule has 0 spiro atoms. The minimum Gasteiger partial charge on any atom is -0.455 e. The highest BCUT2D eigenvalue weighted by Gasteiger charge is 2.24. The van der Waals surface area contributed by atoms with Gasteiger partial charge in [-0.25, -0.2) is 8.42 Å². The van der Waals surface area contributed by atoms with Gasteiger partial charge < -0.3 is 14.8 Å². The van der Waals surface area contributed by atoms with Gasteiger partial charge in [0, 0.05) is 0 Å². The molecule has 8 heteroatoms. The molecule has 0 radical (unpaired) electrons. The van der Waals surface area contributed by atoms with Crippen LogP contribution in [0.15, 0.2) is 109 Å². The molecule has 0 aliphatic heterocycles. The SMILES string of the molecule is CS(=O)(=O)N(CC(=O)Nc1ccccc1Oc1ccccc1)c1ccccc1Oc1ccccc1. The third-order valence-electron chi connectivity index (χ3n) is 4.92. The van der Waals surface area contributed by atoms with E-state index in [0.29, 0.717) is 28.7 Å². The van der Waals surface area contributed by atoms with Crippen molar-refractivity contribution in [2.24, 2.45) is 0 Å². The van der Waals surface area contributed by atoms with Crippen LogP contribution in [0.2, 0.25) is 0 Å². The van der Waals surface area contributed by atoms with Crippen LogP contribution in [0.3, 0.4) is 0 Å². The molecule has 0 fully saturated rings. The molecule has 4 aromatic carbocycles. The molecule has 0 aromatic heterocycles. The first kappa shape index (κ1) is 23.8. The monoisotopic (exact) mass is 488 g/mol. The third kappa shape index (κ3) is 6.39. The van der Waals surface area contributed by atoms with Gasteiger partial charge in [0.25, 0.3) is 0 Å². The molecule has 0 bridgehead atoms. The summed E-state index contributed by atoms with van der Waals surface area (Å²) in [5.41, 5.74) is 0.673. The van der Waals surface area contributed by atoms with Crippen molar-refractivity contribution < 1.29 is 22.7 Å². The number of amides is 1. The molecule has 0 atom stereocenters. The minimum atomic E-state index is -3.82. The summed E-state index contributed by atoms with van der Waals surface area (Å²) in [6.45, 7) is -0.451. The lowest BCUT2D eigenvalue weighted by Crippen LogP contribution is -2.37. The maximum atomic E-state index is 13.0. The molecule has 0 aliphatic carbocycles. The molecular weight excluding hydrogens is 464 g/mol. The number of ether oxygens (including phenoxy) is 2. The van der Waals surface area contributed by atoms with Gasteiger partial charge in [0.15, 0.2) is 11.5 Å². The van der Waals surface area contributed by atoms with E-state index >= 15 is 0 Å². The molecule has 0 saturated heterocycles. The summed E-state index contributed by atoms with van der Waals surface area (Å²) < 4.78 is 38.2. The van der Waals surface area contributed by atoms with Gasteiger partial charge in [-0.15, -0.1) is 0 Å². The zero-order valence-corrected chi connectivity index (χ0v) is 19.8. The van der Waals surface area contributed by atoms with Gasteiger partial charge in [-0.1, -0.05) is 60.7 Å². The number of para-hydroxylation sites is 6. The highest BCUT2D eigenvalue weighted by molar-refractivity contribution is 7.92. The van der Waals surface area contributed by atoms with Crippen LogP contribution in [0.5, 0.6) is 23.0 Å². The van der Waals surface area contributed by atoms with Crippen LogP contribution < -0.4 is 19.1 Å². The maximum Gasteiger partial charge on any atom is 0.245 e. The Labute approximate surface area is 204 Å². The number of nitrogens with zero attached hydrogens (tertiary/aromatic N) is 1. The number of rotatable bonds is 9. The summed E-state index contributed by atoms with van der Waals surface area (Å²) in [6.07, 6.45) is 1.05. The summed E-state index contributed by atoms with van der Waals surface area (Å²) in [7, 11) is -3.82. The fourth-order valence-corrected chi connectivity index (χ4v) is 4.20. The normalized spacial score (nSPS) is 10.9. The van der Waals surface area contributed by atoms with Crippen molar-refractivity contribution in [2.75, 3.05) is 22.4 Å². The second kappa shape index (κ2) is 10.8. The van der Waals surface area contributed by atoms with Crippen molar-refractivity contribution in [3.05, 3.63) is 109 Å². The highest BCUT2D eigenvalue weighted by Crippen LogP contribution is 2.34. The smallest absolute Gasteiger partial charge is 0.245 e. The Bertz CT molecular complexity index is 1390. The molecule has 0 saturated carbocycles. The molecule has 1 N–H and O–H groups in total. The summed E-state index contributed by atoms with van der Waals surface area (Å²) in [5.74, 6) is 1.37. The van der Waals surface area contributed by atoms with Gasteiger partial charge in [0.2, 0.25) is 15.9 Å². The number of hydrogen-bond acceptors (Lipinski definition) is 5. The second-order valence-electron chi connectivity index (χ2n) is 7.61. The van der Waals surface area contributed by atoms with E-state index in [0.717, 1.165) is 10.6 Å². The standard InChI is InChI=1S/C27H24N2O5S/c1-35(31,32)29(24-17-9-11-19-26(24)34-22-14-6-3-7-15-22)20-27(30)28-23-16-8-10-18-25(23)33-21-12-4-2-5-13-21/h2-19H,20H2,1H3,(H,28,30). The first-order chi connectivity index (χ1) is 16.9. The Morgan fingerprint density at radius 2 is 1.20 bits per heavy atom. The lowest BCUT2D eigenvalue weighted by Gasteiger charge is -2.24. The van der Waals surface area contributed by atoms with Crippen molar-refractivity contribution in [1.82, 2.24) is 0 Å². The molecule has 35 heavy (non-hydrogen) atoms. The molecule has 178 valence electrons. The van der Waals surface area contributed by atoms with Gasteiger partial charge in [0.1, 0.15) is 18.0 Å². The Morgan fingerprint density at radius 3 is 1.80 bits per heavy atom. The summed E-state index contributed by atoms with van der Waals surface area (Å²) >= 11 is 0. The van der Waals surface area contributed by atoms with E-state index in [1.807, 2.05) is 36.4 Å². The van der Waals surface area contributed by atoms with Crippen LogP contribution in [-0.2, 0) is 14.8 Å². The summed E-state index contributed by atoms with van der Waals surface area (Å²) in [6, 6.07) is 31.8. The van der Waals surface area contributed by atoms with Gasteiger partial charge in [-0.2, -0.15) is 0 Å². The molecule has 1 amide bonds. The predicted octanol–water partition coefficient (Wildman–Crippen LogP) is 5.68. The number of carbonyl (C=O) groups is 1. The van der Waals surface area contributed by atoms with E-state index in [1.165, 1.54) is 0 Å². The largest absolute Gasteiger partial charge is 0.455 e. The van der Waals surface area contributed by atoms with Gasteiger partial charge in [-0.05, 0) is 48.5 Å². The van der Waals surface area contributed by atoms with E-state index in [1.54, 1.807) is 72.8 Å². The number of anilines is 2. The van der Waals surface area contributed by atoms with Gasteiger partial charge in [0.05, 0.1) is 17.6 Å². The Hall–Kier alpha value is -4.30. The van der Waals surface area contributed by atoms with Crippen LogP contribution in [0, 0.1) is 0 Å². The van der Waals surface area contributed by atoms with Crippen molar-refractivity contribution in [2.45, 2.75) is 0 Å². The molecule has 4 aromatic rings. The lowest BCUT2D eigenvalue weighted by molar-refractivity contribution is -0.114. The van der Waals surface area contributed by atoms with E-state index in [9.17, 15) is 13.2 Å². The number of carbonyl (C=O) groups excluding carboxylic acids is 1. The fraction of sp³-hybridized carbons (Fsp3) is 0.0741. The van der Waals surface area contributed by atoms with E-state index in [-0.39, 0.29) is 5.69 Å². The Morgan fingerprint density at radius 1 is 0.714 bits per heavy atom. The summed E-state index contributed by atoms with van der Waals surface area (Å²) in [5, 5.41) is 2.76. The Kier molecular flexibility index (Phi) is 7.32. The van der Waals surface area contributed by atoms with Crippen molar-refractivity contribution >= 4 is 27.3 Å². The fourth-order valence-electron chi connectivity index (χ4n) is 3.34. The number of hydrogen-bond donors (Lipinski definition) is 1. The minimum absolute atomic E-state index is 0.253. The molecular formula is C27H24N2O5S. The summed E-state index contributed by atoms with van der Waals surface area (Å²) in [4.78, 5) is 13.0. The van der Waals surface area contributed by atoms with Gasteiger partial charge in [-0.3, -0.25) is 9.10 Å². The second-order valence-corrected chi connectivity index (χ2v) is 9.52. The quantitative estimate of drug-likeness (QED) is 0.328.